The summed E-state index contributed by atoms with van der Waals surface area (Å²) in [5.41, 5.74) is 3.50. The van der Waals surface area contributed by atoms with Crippen molar-refractivity contribution in [2.45, 2.75) is 31.6 Å². The quantitative estimate of drug-likeness (QED) is 0.654. The average molecular weight is 485 g/mol. The predicted molar refractivity (Wildman–Crippen MR) is 136 cm³/mol. The van der Waals surface area contributed by atoms with Gasteiger partial charge >= 0.3 is 0 Å². The van der Waals surface area contributed by atoms with Crippen molar-refractivity contribution >= 4 is 21.6 Å². The van der Waals surface area contributed by atoms with Gasteiger partial charge in [0.2, 0.25) is 15.9 Å². The van der Waals surface area contributed by atoms with Gasteiger partial charge in [0.15, 0.2) is 0 Å². The molecule has 2 heterocycles. The van der Waals surface area contributed by atoms with Crippen molar-refractivity contribution in [2.24, 2.45) is 5.92 Å². The van der Waals surface area contributed by atoms with E-state index in [0.29, 0.717) is 18.0 Å². The molecule has 0 aromatic heterocycles. The third-order valence-corrected chi connectivity index (χ3v) is 8.29. The topological polar surface area (TPSA) is 73.0 Å². The molecule has 2 aromatic rings. The van der Waals surface area contributed by atoms with Crippen LogP contribution in [-0.2, 0) is 14.8 Å². The van der Waals surface area contributed by atoms with E-state index in [1.807, 2.05) is 24.0 Å². The summed E-state index contributed by atoms with van der Waals surface area (Å²) in [5, 5.41) is 0. The van der Waals surface area contributed by atoms with E-state index in [4.69, 9.17) is 0 Å². The summed E-state index contributed by atoms with van der Waals surface area (Å²) in [5.74, 6) is 0.379. The zero-order valence-corrected chi connectivity index (χ0v) is 21.1. The summed E-state index contributed by atoms with van der Waals surface area (Å²) in [6, 6.07) is 15.4. The van der Waals surface area contributed by atoms with E-state index in [0.717, 1.165) is 57.7 Å². The van der Waals surface area contributed by atoms with E-state index in [9.17, 15) is 13.2 Å². The lowest BCUT2D eigenvalue weighted by molar-refractivity contribution is -0.133. The fourth-order valence-corrected chi connectivity index (χ4v) is 5.94. The van der Waals surface area contributed by atoms with E-state index in [1.54, 1.807) is 12.1 Å². The number of aryl methyl sites for hydroxylation is 2. The molecule has 4 rings (SSSR count). The standard InChI is InChI=1S/C26H36N4O3S/c1-21-8-10-25(11-9-21)34(32,33)27-18-23-6-4-12-28(19-23)20-26(31)30-15-13-29(14-16-30)24-7-3-5-22(2)17-24/h3,5,7-11,17,23,27H,4,6,12-16,18-20H2,1-2H3. The molecular weight excluding hydrogens is 448 g/mol. The lowest BCUT2D eigenvalue weighted by atomic mass is 9.98. The summed E-state index contributed by atoms with van der Waals surface area (Å²) in [7, 11) is -3.51. The van der Waals surface area contributed by atoms with Crippen molar-refractivity contribution in [1.82, 2.24) is 14.5 Å². The lowest BCUT2D eigenvalue weighted by Gasteiger charge is -2.38. The number of nitrogens with one attached hydrogen (secondary N) is 1. The Bertz CT molecular complexity index is 1080. The number of anilines is 1. The molecule has 2 aliphatic heterocycles. The highest BCUT2D eigenvalue weighted by molar-refractivity contribution is 7.89. The molecule has 2 aliphatic rings. The first-order chi connectivity index (χ1) is 16.3. The van der Waals surface area contributed by atoms with E-state index >= 15 is 0 Å². The summed E-state index contributed by atoms with van der Waals surface area (Å²) in [6.45, 7) is 9.63. The summed E-state index contributed by atoms with van der Waals surface area (Å²) < 4.78 is 28.0. The van der Waals surface area contributed by atoms with Crippen LogP contribution in [-0.4, -0.2) is 76.5 Å². The van der Waals surface area contributed by atoms with Crippen LogP contribution < -0.4 is 9.62 Å². The Morgan fingerprint density at radius 2 is 1.71 bits per heavy atom. The highest BCUT2D eigenvalue weighted by Gasteiger charge is 2.27. The summed E-state index contributed by atoms with van der Waals surface area (Å²) in [4.78, 5) is 19.7. The second kappa shape index (κ2) is 10.9. The zero-order chi connectivity index (χ0) is 24.1. The number of piperidine rings is 1. The number of benzene rings is 2. The van der Waals surface area contributed by atoms with Crippen LogP contribution in [0.1, 0.15) is 24.0 Å². The Morgan fingerprint density at radius 1 is 0.971 bits per heavy atom. The summed E-state index contributed by atoms with van der Waals surface area (Å²) in [6.07, 6.45) is 1.95. The highest BCUT2D eigenvalue weighted by atomic mass is 32.2. The van der Waals surface area contributed by atoms with Crippen LogP contribution in [0.4, 0.5) is 5.69 Å². The minimum atomic E-state index is -3.51. The molecule has 2 saturated heterocycles. The molecule has 184 valence electrons. The van der Waals surface area contributed by atoms with Crippen molar-refractivity contribution in [3.8, 4) is 0 Å². The Kier molecular flexibility index (Phi) is 7.91. The fourth-order valence-electron chi connectivity index (χ4n) is 4.82. The highest BCUT2D eigenvalue weighted by Crippen LogP contribution is 2.20. The lowest BCUT2D eigenvalue weighted by Crippen LogP contribution is -2.52. The van der Waals surface area contributed by atoms with E-state index in [2.05, 4.69) is 45.7 Å². The number of hydrogen-bond donors (Lipinski definition) is 1. The molecule has 8 heteroatoms. The van der Waals surface area contributed by atoms with Crippen molar-refractivity contribution in [3.05, 3.63) is 59.7 Å². The van der Waals surface area contributed by atoms with Gasteiger partial charge in [0.05, 0.1) is 11.4 Å². The van der Waals surface area contributed by atoms with Crippen LogP contribution >= 0.6 is 0 Å². The molecule has 0 saturated carbocycles. The molecule has 34 heavy (non-hydrogen) atoms. The van der Waals surface area contributed by atoms with E-state index in [-0.39, 0.29) is 11.8 Å². The van der Waals surface area contributed by atoms with Gasteiger partial charge in [-0.1, -0.05) is 29.8 Å². The van der Waals surface area contributed by atoms with Crippen LogP contribution in [0.5, 0.6) is 0 Å². The average Bonchev–Trinajstić information content (AvgIpc) is 2.83. The molecule has 7 nitrogen and oxygen atoms in total. The SMILES string of the molecule is Cc1ccc(S(=O)(=O)NCC2CCCN(CC(=O)N3CCN(c4cccc(C)c4)CC3)C2)cc1. The van der Waals surface area contributed by atoms with Crippen LogP contribution in [0.3, 0.4) is 0 Å². The Labute approximate surface area is 203 Å². The molecule has 2 fully saturated rings. The third kappa shape index (κ3) is 6.37. The second-order valence-electron chi connectivity index (χ2n) is 9.62. The smallest absolute Gasteiger partial charge is 0.240 e. The molecule has 0 bridgehead atoms. The maximum Gasteiger partial charge on any atom is 0.240 e. The number of likely N-dealkylation sites (tertiary alicyclic amines) is 1. The van der Waals surface area contributed by atoms with Crippen LogP contribution in [0, 0.1) is 19.8 Å². The van der Waals surface area contributed by atoms with Crippen molar-refractivity contribution in [3.63, 3.8) is 0 Å². The number of piperazine rings is 1. The van der Waals surface area contributed by atoms with Gasteiger partial charge in [-0.15, -0.1) is 0 Å². The molecule has 0 radical (unpaired) electrons. The van der Waals surface area contributed by atoms with Gasteiger partial charge in [0.1, 0.15) is 0 Å². The Balaban J connectivity index is 1.24. The number of carbonyl (C=O) groups excluding carboxylic acids is 1. The van der Waals surface area contributed by atoms with Crippen LogP contribution in [0.15, 0.2) is 53.4 Å². The first-order valence-corrected chi connectivity index (χ1v) is 13.7. The number of sulfonamides is 1. The summed E-state index contributed by atoms with van der Waals surface area (Å²) >= 11 is 0. The predicted octanol–water partition coefficient (Wildman–Crippen LogP) is 2.64. The van der Waals surface area contributed by atoms with Crippen molar-refractivity contribution < 1.29 is 13.2 Å². The maximum atomic E-state index is 13.0. The monoisotopic (exact) mass is 484 g/mol. The fraction of sp³-hybridized carbons (Fsp3) is 0.500. The van der Waals surface area contributed by atoms with Crippen LogP contribution in [0.2, 0.25) is 0 Å². The van der Waals surface area contributed by atoms with Gasteiger partial charge in [-0.25, -0.2) is 13.1 Å². The molecular formula is C26H36N4O3S. The largest absolute Gasteiger partial charge is 0.368 e. The Morgan fingerprint density at radius 3 is 2.41 bits per heavy atom. The first-order valence-electron chi connectivity index (χ1n) is 12.2. The molecule has 1 N–H and O–H groups in total. The number of carbonyl (C=O) groups is 1. The second-order valence-corrected chi connectivity index (χ2v) is 11.4. The van der Waals surface area contributed by atoms with E-state index in [1.165, 1.54) is 11.3 Å². The Hall–Kier alpha value is -2.42. The minimum Gasteiger partial charge on any atom is -0.368 e. The zero-order valence-electron chi connectivity index (χ0n) is 20.2. The number of nitrogens with zero attached hydrogens (tertiary/aromatic N) is 3. The third-order valence-electron chi connectivity index (χ3n) is 6.85. The molecule has 2 aromatic carbocycles. The molecule has 1 unspecified atom stereocenters. The number of rotatable bonds is 7. The normalized spacial score (nSPS) is 19.9. The number of hydrogen-bond acceptors (Lipinski definition) is 5. The van der Waals surface area contributed by atoms with Gasteiger partial charge in [-0.2, -0.15) is 0 Å². The van der Waals surface area contributed by atoms with Gasteiger partial charge in [-0.3, -0.25) is 9.69 Å². The molecule has 1 atom stereocenters. The molecule has 1 amide bonds. The van der Waals surface area contributed by atoms with Crippen molar-refractivity contribution in [1.29, 1.82) is 0 Å². The van der Waals surface area contributed by atoms with Crippen LogP contribution in [0.25, 0.3) is 0 Å². The molecule has 0 spiro atoms. The van der Waals surface area contributed by atoms with Gasteiger partial charge < -0.3 is 9.80 Å². The maximum absolute atomic E-state index is 13.0. The minimum absolute atomic E-state index is 0.171. The van der Waals surface area contributed by atoms with Crippen molar-refractivity contribution in [2.75, 3.05) is 57.3 Å². The first kappa shape index (κ1) is 24.7. The van der Waals surface area contributed by atoms with Gasteiger partial charge in [-0.05, 0) is 69.0 Å². The van der Waals surface area contributed by atoms with Gasteiger partial charge in [0.25, 0.3) is 0 Å². The van der Waals surface area contributed by atoms with E-state index < -0.39 is 10.0 Å². The van der Waals surface area contributed by atoms with Gasteiger partial charge in [0, 0.05) is 45.0 Å². The number of amides is 1. The molecule has 0 aliphatic carbocycles.